The Bertz CT molecular complexity index is 1070. The number of benzene rings is 2. The van der Waals surface area contributed by atoms with Crippen LogP contribution in [0.2, 0.25) is 0 Å². The molecule has 9 heteroatoms. The number of ether oxygens (including phenoxy) is 2. The van der Waals surface area contributed by atoms with Crippen molar-refractivity contribution in [2.45, 2.75) is 30.7 Å². The molecule has 0 saturated heterocycles. The number of aryl methyl sites for hydroxylation is 1. The predicted molar refractivity (Wildman–Crippen MR) is 102 cm³/mol. The van der Waals surface area contributed by atoms with E-state index in [0.29, 0.717) is 22.6 Å². The summed E-state index contributed by atoms with van der Waals surface area (Å²) in [4.78, 5) is 11.9. The van der Waals surface area contributed by atoms with Crippen molar-refractivity contribution in [2.24, 2.45) is 0 Å². The van der Waals surface area contributed by atoms with Gasteiger partial charge in [-0.1, -0.05) is 42.1 Å². The Labute approximate surface area is 164 Å². The lowest BCUT2D eigenvalue weighted by atomic mass is 10.1. The Balaban J connectivity index is 1.61. The highest BCUT2D eigenvalue weighted by Gasteiger charge is 2.25. The fourth-order valence-corrected chi connectivity index (χ4v) is 3.69. The second-order valence-electron chi connectivity index (χ2n) is 6.26. The number of aromatic nitrogens is 3. The second kappa shape index (κ2) is 7.61. The maximum atomic E-state index is 14.1. The summed E-state index contributed by atoms with van der Waals surface area (Å²) >= 11 is 1.18. The third kappa shape index (κ3) is 3.58. The summed E-state index contributed by atoms with van der Waals surface area (Å²) in [7, 11) is 0. The molecule has 0 unspecified atom stereocenters. The molecule has 0 fully saturated rings. The minimum absolute atomic E-state index is 0.209. The first kappa shape index (κ1) is 18.5. The van der Waals surface area contributed by atoms with Crippen molar-refractivity contribution in [3.63, 3.8) is 0 Å². The van der Waals surface area contributed by atoms with Gasteiger partial charge >= 0.3 is 0 Å². The van der Waals surface area contributed by atoms with Crippen LogP contribution < -0.4 is 16.1 Å². The molecule has 28 heavy (non-hydrogen) atoms. The molecule has 0 spiro atoms. The smallest absolute Gasteiger partial charge is 0.294 e. The summed E-state index contributed by atoms with van der Waals surface area (Å²) in [5.74, 6) is 6.25. The molecule has 0 radical (unpaired) electrons. The van der Waals surface area contributed by atoms with Crippen molar-refractivity contribution >= 4 is 11.8 Å². The average molecular weight is 400 g/mol. The Morgan fingerprint density at radius 3 is 2.86 bits per heavy atom. The van der Waals surface area contributed by atoms with Gasteiger partial charge in [-0.05, 0) is 19.1 Å². The molecule has 0 amide bonds. The van der Waals surface area contributed by atoms with Gasteiger partial charge in [0.2, 0.25) is 11.4 Å². The lowest BCUT2D eigenvalue weighted by molar-refractivity contribution is -0.112. The van der Waals surface area contributed by atoms with E-state index >= 15 is 0 Å². The molecule has 1 aromatic heterocycles. The van der Waals surface area contributed by atoms with Gasteiger partial charge in [0, 0.05) is 22.4 Å². The predicted octanol–water partition coefficient (Wildman–Crippen LogP) is 2.70. The summed E-state index contributed by atoms with van der Waals surface area (Å²) in [6.45, 7) is 1.77. The quantitative estimate of drug-likeness (QED) is 0.532. The molecule has 4 rings (SSSR count). The van der Waals surface area contributed by atoms with Crippen molar-refractivity contribution < 1.29 is 13.9 Å². The normalized spacial score (nSPS) is 15.7. The van der Waals surface area contributed by atoms with E-state index in [2.05, 4.69) is 10.2 Å². The first-order chi connectivity index (χ1) is 13.5. The van der Waals surface area contributed by atoms with E-state index in [-0.39, 0.29) is 23.3 Å². The van der Waals surface area contributed by atoms with Crippen LogP contribution in [0.15, 0.2) is 52.4 Å². The van der Waals surface area contributed by atoms with E-state index in [9.17, 15) is 9.18 Å². The fourth-order valence-electron chi connectivity index (χ4n) is 2.87. The summed E-state index contributed by atoms with van der Waals surface area (Å²) in [6, 6.07) is 12.3. The Kier molecular flexibility index (Phi) is 5.01. The monoisotopic (exact) mass is 400 g/mol. The average Bonchev–Trinajstić information content (AvgIpc) is 2.71. The van der Waals surface area contributed by atoms with Gasteiger partial charge in [-0.3, -0.25) is 4.79 Å². The number of rotatable bonds is 4. The van der Waals surface area contributed by atoms with Crippen LogP contribution in [0.1, 0.15) is 28.7 Å². The maximum Gasteiger partial charge on any atom is 0.294 e. The highest BCUT2D eigenvalue weighted by atomic mass is 32.2. The van der Waals surface area contributed by atoms with Crippen LogP contribution in [0, 0.1) is 12.7 Å². The Morgan fingerprint density at radius 2 is 2.07 bits per heavy atom. The first-order valence-corrected chi connectivity index (χ1v) is 9.50. The molecule has 3 aromatic rings. The molecule has 7 nitrogen and oxygen atoms in total. The zero-order valence-corrected chi connectivity index (χ0v) is 15.8. The molecular formula is C19H17FN4O3S. The lowest BCUT2D eigenvalue weighted by Crippen LogP contribution is -2.32. The molecule has 0 saturated carbocycles. The van der Waals surface area contributed by atoms with Gasteiger partial charge in [0.05, 0.1) is 6.61 Å². The molecule has 144 valence electrons. The van der Waals surface area contributed by atoms with E-state index in [4.69, 9.17) is 15.3 Å². The van der Waals surface area contributed by atoms with Crippen LogP contribution in [0.5, 0.6) is 5.75 Å². The summed E-state index contributed by atoms with van der Waals surface area (Å²) in [6.07, 6.45) is -0.574. The molecule has 1 atom stereocenters. The Hall–Kier alpha value is -2.91. The standard InChI is InChI=1S/C19H17FN4O3S/c1-11-17(25)24(21)19(23-22-11)28-10-14-8-15(20)7-13-9-26-18(27-16(13)14)12-5-3-2-4-6-12/h2-8,18H,9-10,21H2,1H3/t18-/m0/s1. The number of hydrogen-bond donors (Lipinski definition) is 1. The molecule has 2 N–H and O–H groups in total. The van der Waals surface area contributed by atoms with E-state index < -0.39 is 11.8 Å². The second-order valence-corrected chi connectivity index (χ2v) is 7.20. The zero-order valence-electron chi connectivity index (χ0n) is 15.0. The van der Waals surface area contributed by atoms with Crippen LogP contribution in [0.25, 0.3) is 0 Å². The zero-order chi connectivity index (χ0) is 19.7. The molecule has 2 aromatic carbocycles. The van der Waals surface area contributed by atoms with E-state index in [1.807, 2.05) is 30.3 Å². The minimum atomic E-state index is -0.574. The van der Waals surface area contributed by atoms with Gasteiger partial charge in [-0.2, -0.15) is 4.68 Å². The van der Waals surface area contributed by atoms with E-state index in [1.165, 1.54) is 30.8 Å². The topological polar surface area (TPSA) is 92.3 Å². The number of halogens is 1. The summed E-state index contributed by atoms with van der Waals surface area (Å²) < 4.78 is 26.8. The van der Waals surface area contributed by atoms with Crippen LogP contribution in [0.3, 0.4) is 0 Å². The highest BCUT2D eigenvalue weighted by molar-refractivity contribution is 7.98. The molecule has 1 aliphatic heterocycles. The van der Waals surface area contributed by atoms with Gasteiger partial charge in [-0.15, -0.1) is 10.2 Å². The maximum absolute atomic E-state index is 14.1. The van der Waals surface area contributed by atoms with Crippen LogP contribution in [0.4, 0.5) is 4.39 Å². The Morgan fingerprint density at radius 1 is 1.29 bits per heavy atom. The van der Waals surface area contributed by atoms with Crippen molar-refractivity contribution in [2.75, 3.05) is 5.84 Å². The number of nitrogen functional groups attached to an aromatic ring is 1. The van der Waals surface area contributed by atoms with Gasteiger partial charge < -0.3 is 15.3 Å². The van der Waals surface area contributed by atoms with Crippen molar-refractivity contribution in [1.82, 2.24) is 14.9 Å². The molecule has 0 aliphatic carbocycles. The number of hydrogen-bond acceptors (Lipinski definition) is 7. The van der Waals surface area contributed by atoms with Gasteiger partial charge in [0.1, 0.15) is 17.3 Å². The summed E-state index contributed by atoms with van der Waals surface area (Å²) in [5, 5.41) is 7.98. The first-order valence-electron chi connectivity index (χ1n) is 8.51. The molecular weight excluding hydrogens is 383 g/mol. The van der Waals surface area contributed by atoms with Crippen molar-refractivity contribution in [3.05, 3.63) is 81.0 Å². The molecule has 0 bridgehead atoms. The number of nitrogens with two attached hydrogens (primary N) is 1. The third-order valence-electron chi connectivity index (χ3n) is 4.27. The van der Waals surface area contributed by atoms with E-state index in [0.717, 1.165) is 10.2 Å². The number of nitrogens with zero attached hydrogens (tertiary/aromatic N) is 3. The van der Waals surface area contributed by atoms with Gasteiger partial charge in [0.25, 0.3) is 5.56 Å². The van der Waals surface area contributed by atoms with E-state index in [1.54, 1.807) is 0 Å². The highest BCUT2D eigenvalue weighted by Crippen LogP contribution is 2.38. The van der Waals surface area contributed by atoms with Crippen molar-refractivity contribution in [3.8, 4) is 5.75 Å². The van der Waals surface area contributed by atoms with Crippen LogP contribution >= 0.6 is 11.8 Å². The fraction of sp³-hybridized carbons (Fsp3) is 0.211. The lowest BCUT2D eigenvalue weighted by Gasteiger charge is -2.28. The number of thioether (sulfide) groups is 1. The largest absolute Gasteiger partial charge is 0.460 e. The minimum Gasteiger partial charge on any atom is -0.460 e. The summed E-state index contributed by atoms with van der Waals surface area (Å²) in [5.41, 5.74) is 1.91. The third-order valence-corrected chi connectivity index (χ3v) is 5.26. The van der Waals surface area contributed by atoms with Crippen LogP contribution in [-0.4, -0.2) is 14.9 Å². The van der Waals surface area contributed by atoms with Gasteiger partial charge in [-0.25, -0.2) is 4.39 Å². The molecule has 2 heterocycles. The van der Waals surface area contributed by atoms with Crippen LogP contribution in [-0.2, 0) is 17.1 Å². The van der Waals surface area contributed by atoms with Gasteiger partial charge in [0.15, 0.2) is 0 Å². The molecule has 1 aliphatic rings. The number of fused-ring (bicyclic) bond motifs is 1. The van der Waals surface area contributed by atoms with Crippen molar-refractivity contribution in [1.29, 1.82) is 0 Å². The SMILES string of the molecule is Cc1nnc(SCc2cc(F)cc3c2O[C@@H](c2ccccc2)OC3)n(N)c1=O.